The van der Waals surface area contributed by atoms with E-state index < -0.39 is 0 Å². The van der Waals surface area contributed by atoms with Crippen LogP contribution in [0.3, 0.4) is 0 Å². The number of rotatable bonds is 6. The molecule has 0 bridgehead atoms. The highest BCUT2D eigenvalue weighted by molar-refractivity contribution is 5.98. The molecular weight excluding hydrogens is 380 g/mol. The fraction of sp³-hybridized carbons (Fsp3) is 0.391. The van der Waals surface area contributed by atoms with Crippen molar-refractivity contribution >= 4 is 17.5 Å². The lowest BCUT2D eigenvalue weighted by atomic mass is 9.84. The summed E-state index contributed by atoms with van der Waals surface area (Å²) in [5, 5.41) is 4.66. The van der Waals surface area contributed by atoms with Crippen LogP contribution in [0.15, 0.2) is 54.6 Å². The molecule has 2 aliphatic heterocycles. The van der Waals surface area contributed by atoms with E-state index in [2.05, 4.69) is 22.6 Å². The van der Waals surface area contributed by atoms with Crippen molar-refractivity contribution in [2.75, 3.05) is 31.8 Å². The molecular formula is C23H28N4O3. The van der Waals surface area contributed by atoms with Crippen molar-refractivity contribution in [3.63, 3.8) is 0 Å². The van der Waals surface area contributed by atoms with E-state index in [4.69, 9.17) is 4.74 Å². The molecule has 7 heteroatoms. The Morgan fingerprint density at radius 3 is 2.70 bits per heavy atom. The highest BCUT2D eigenvalue weighted by atomic mass is 16.5. The summed E-state index contributed by atoms with van der Waals surface area (Å²) >= 11 is 0. The summed E-state index contributed by atoms with van der Waals surface area (Å²) in [6.07, 6.45) is 0. The molecule has 3 atom stereocenters. The number of carbonyl (C=O) groups excluding carboxylic acids is 2. The lowest BCUT2D eigenvalue weighted by Gasteiger charge is -2.37. The van der Waals surface area contributed by atoms with E-state index >= 15 is 0 Å². The molecule has 0 spiro atoms. The zero-order valence-electron chi connectivity index (χ0n) is 17.4. The van der Waals surface area contributed by atoms with Crippen LogP contribution < -0.4 is 20.5 Å². The predicted molar refractivity (Wildman–Crippen MR) is 115 cm³/mol. The van der Waals surface area contributed by atoms with Crippen LogP contribution in [0.4, 0.5) is 5.69 Å². The number of hydrogen-bond acceptors (Lipinski definition) is 5. The van der Waals surface area contributed by atoms with Crippen molar-refractivity contribution in [3.8, 4) is 5.75 Å². The van der Waals surface area contributed by atoms with Gasteiger partial charge in [0.05, 0.1) is 30.7 Å². The number of likely N-dealkylation sites (tertiary alicyclic amines) is 1. The number of hydrogen-bond donors (Lipinski definition) is 2. The van der Waals surface area contributed by atoms with Gasteiger partial charge in [-0.1, -0.05) is 37.3 Å². The van der Waals surface area contributed by atoms with Gasteiger partial charge in [0.2, 0.25) is 11.8 Å². The van der Waals surface area contributed by atoms with Crippen LogP contribution in [0, 0.1) is 11.8 Å². The number of nitrogens with one attached hydrogen (secondary N) is 2. The summed E-state index contributed by atoms with van der Waals surface area (Å²) in [4.78, 5) is 28.4. The molecule has 2 heterocycles. The van der Waals surface area contributed by atoms with E-state index in [1.807, 2.05) is 54.6 Å². The van der Waals surface area contributed by atoms with E-state index in [0.717, 1.165) is 23.5 Å². The van der Waals surface area contributed by atoms with Gasteiger partial charge in [0, 0.05) is 19.6 Å². The first-order valence-corrected chi connectivity index (χ1v) is 10.4. The SMILES string of the molecule is CCN1CC(C(=O)NCc2cccc(OC)c2)C2NN(c3ccccc3)C(=O)C2C1. The Labute approximate surface area is 177 Å². The van der Waals surface area contributed by atoms with Crippen molar-refractivity contribution in [1.29, 1.82) is 0 Å². The van der Waals surface area contributed by atoms with Crippen molar-refractivity contribution in [2.24, 2.45) is 11.8 Å². The quantitative estimate of drug-likeness (QED) is 0.763. The fourth-order valence-electron chi connectivity index (χ4n) is 4.31. The number of benzene rings is 2. The normalized spacial score (nSPS) is 23.9. The summed E-state index contributed by atoms with van der Waals surface area (Å²) in [6, 6.07) is 17.0. The number of anilines is 1. The number of hydrazine groups is 1. The lowest BCUT2D eigenvalue weighted by molar-refractivity contribution is -0.129. The second-order valence-corrected chi connectivity index (χ2v) is 7.80. The Kier molecular flexibility index (Phi) is 6.01. The smallest absolute Gasteiger partial charge is 0.247 e. The summed E-state index contributed by atoms with van der Waals surface area (Å²) in [5.41, 5.74) is 5.10. The van der Waals surface area contributed by atoms with E-state index in [0.29, 0.717) is 19.6 Å². The zero-order chi connectivity index (χ0) is 21.1. The number of piperidine rings is 1. The van der Waals surface area contributed by atoms with Crippen LogP contribution in [0.1, 0.15) is 12.5 Å². The minimum atomic E-state index is -0.313. The molecule has 4 rings (SSSR count). The Morgan fingerprint density at radius 2 is 1.97 bits per heavy atom. The van der Waals surface area contributed by atoms with E-state index in [1.54, 1.807) is 12.1 Å². The standard InChI is InChI=1S/C23H28N4O3/c1-3-26-14-19(22(28)24-13-16-8-7-11-18(12-16)30-2)21-20(15-26)23(29)27(25-21)17-9-5-4-6-10-17/h4-12,19-21,25H,3,13-15H2,1-2H3,(H,24,28). The second-order valence-electron chi connectivity index (χ2n) is 7.80. The third-order valence-electron chi connectivity index (χ3n) is 5.99. The number of amides is 2. The van der Waals surface area contributed by atoms with Gasteiger partial charge in [-0.2, -0.15) is 0 Å². The molecule has 2 aromatic carbocycles. The molecule has 2 N–H and O–H groups in total. The van der Waals surface area contributed by atoms with Crippen LogP contribution in [0.25, 0.3) is 0 Å². The highest BCUT2D eigenvalue weighted by Crippen LogP contribution is 2.31. The number of ether oxygens (including phenoxy) is 1. The molecule has 2 saturated heterocycles. The van der Waals surface area contributed by atoms with Crippen LogP contribution in [-0.2, 0) is 16.1 Å². The zero-order valence-corrected chi connectivity index (χ0v) is 17.4. The number of methoxy groups -OCH3 is 1. The third-order valence-corrected chi connectivity index (χ3v) is 5.99. The molecule has 2 aromatic rings. The van der Waals surface area contributed by atoms with Crippen molar-refractivity contribution in [1.82, 2.24) is 15.6 Å². The van der Waals surface area contributed by atoms with Crippen LogP contribution in [-0.4, -0.2) is 49.5 Å². The second kappa shape index (κ2) is 8.85. The first-order chi connectivity index (χ1) is 14.6. The number of fused-ring (bicyclic) bond motifs is 1. The maximum Gasteiger partial charge on any atom is 0.247 e. The fourth-order valence-corrected chi connectivity index (χ4v) is 4.31. The highest BCUT2D eigenvalue weighted by Gasteiger charge is 2.50. The minimum Gasteiger partial charge on any atom is -0.497 e. The van der Waals surface area contributed by atoms with Gasteiger partial charge in [-0.05, 0) is 36.4 Å². The number of nitrogens with zero attached hydrogens (tertiary/aromatic N) is 2. The molecule has 2 fully saturated rings. The van der Waals surface area contributed by atoms with E-state index in [9.17, 15) is 9.59 Å². The number of para-hydroxylation sites is 1. The van der Waals surface area contributed by atoms with Gasteiger partial charge in [0.15, 0.2) is 0 Å². The molecule has 2 amide bonds. The number of carbonyl (C=O) groups is 2. The van der Waals surface area contributed by atoms with Crippen LogP contribution in [0.5, 0.6) is 5.75 Å². The maximum absolute atomic E-state index is 13.1. The average Bonchev–Trinajstić information content (AvgIpc) is 3.14. The van der Waals surface area contributed by atoms with E-state index in [-0.39, 0.29) is 29.7 Å². The summed E-state index contributed by atoms with van der Waals surface area (Å²) in [6.45, 7) is 4.59. The molecule has 2 aliphatic rings. The Balaban J connectivity index is 1.50. The maximum atomic E-state index is 13.1. The Hall–Kier alpha value is -2.90. The largest absolute Gasteiger partial charge is 0.497 e. The lowest BCUT2D eigenvalue weighted by Crippen LogP contribution is -2.56. The van der Waals surface area contributed by atoms with Crippen molar-refractivity contribution in [3.05, 3.63) is 60.2 Å². The van der Waals surface area contributed by atoms with Gasteiger partial charge < -0.3 is 15.0 Å². The van der Waals surface area contributed by atoms with Gasteiger partial charge >= 0.3 is 0 Å². The molecule has 0 aliphatic carbocycles. The van der Waals surface area contributed by atoms with Gasteiger partial charge in [0.1, 0.15) is 5.75 Å². The van der Waals surface area contributed by atoms with Crippen molar-refractivity contribution in [2.45, 2.75) is 19.5 Å². The first kappa shape index (κ1) is 20.4. The van der Waals surface area contributed by atoms with Gasteiger partial charge in [0.25, 0.3) is 0 Å². The molecule has 0 saturated carbocycles. The Morgan fingerprint density at radius 1 is 1.17 bits per heavy atom. The van der Waals surface area contributed by atoms with E-state index in [1.165, 1.54) is 0 Å². The van der Waals surface area contributed by atoms with Crippen LogP contribution in [0.2, 0.25) is 0 Å². The molecule has 0 aromatic heterocycles. The summed E-state index contributed by atoms with van der Waals surface area (Å²) < 4.78 is 5.26. The first-order valence-electron chi connectivity index (χ1n) is 10.4. The van der Waals surface area contributed by atoms with Gasteiger partial charge in [-0.3, -0.25) is 9.59 Å². The molecule has 158 valence electrons. The summed E-state index contributed by atoms with van der Waals surface area (Å²) in [7, 11) is 1.63. The molecule has 3 unspecified atom stereocenters. The minimum absolute atomic E-state index is 0.0231. The molecule has 7 nitrogen and oxygen atoms in total. The van der Waals surface area contributed by atoms with Crippen molar-refractivity contribution < 1.29 is 14.3 Å². The monoisotopic (exact) mass is 408 g/mol. The summed E-state index contributed by atoms with van der Waals surface area (Å²) in [5.74, 6) is 0.188. The molecule has 30 heavy (non-hydrogen) atoms. The topological polar surface area (TPSA) is 73.9 Å². The predicted octanol–water partition coefficient (Wildman–Crippen LogP) is 1.80. The van der Waals surface area contributed by atoms with Crippen LogP contribution >= 0.6 is 0 Å². The third kappa shape index (κ3) is 4.04. The molecule has 0 radical (unpaired) electrons. The van der Waals surface area contributed by atoms with Gasteiger partial charge in [-0.15, -0.1) is 0 Å². The van der Waals surface area contributed by atoms with Gasteiger partial charge in [-0.25, -0.2) is 10.4 Å². The average molecular weight is 409 g/mol. The Bertz CT molecular complexity index is 904.